The number of thioether (sulfide) groups is 1. The standard InChI is InChI=1S/C10H14N4O2S/c1-6-9(16)8(7(5-15)3-12-6)4-13-14-10(11)17-2/h3-4,15-16H,5H2,1-2H3,(H2,11,14)/b13-4+. The summed E-state index contributed by atoms with van der Waals surface area (Å²) in [4.78, 5) is 3.93. The summed E-state index contributed by atoms with van der Waals surface area (Å²) in [6.45, 7) is 1.43. The first kappa shape index (κ1) is 13.5. The Morgan fingerprint density at radius 1 is 1.65 bits per heavy atom. The van der Waals surface area contributed by atoms with Crippen LogP contribution in [0.1, 0.15) is 16.8 Å². The zero-order valence-electron chi connectivity index (χ0n) is 9.58. The Morgan fingerprint density at radius 2 is 2.35 bits per heavy atom. The van der Waals surface area contributed by atoms with Crippen LogP contribution in [-0.2, 0) is 6.61 Å². The van der Waals surface area contributed by atoms with Gasteiger partial charge in [-0.1, -0.05) is 11.8 Å². The predicted octanol–water partition coefficient (Wildman–Crippen LogP) is 0.600. The molecular weight excluding hydrogens is 240 g/mol. The number of rotatable bonds is 3. The van der Waals surface area contributed by atoms with E-state index < -0.39 is 0 Å². The van der Waals surface area contributed by atoms with Crippen LogP contribution in [0.3, 0.4) is 0 Å². The normalized spacial score (nSPS) is 12.3. The minimum Gasteiger partial charge on any atom is -0.505 e. The molecule has 4 N–H and O–H groups in total. The lowest BCUT2D eigenvalue weighted by Gasteiger charge is -2.06. The van der Waals surface area contributed by atoms with E-state index in [1.165, 1.54) is 24.2 Å². The number of aromatic hydroxyl groups is 1. The van der Waals surface area contributed by atoms with Crippen LogP contribution in [0.4, 0.5) is 0 Å². The van der Waals surface area contributed by atoms with E-state index in [0.717, 1.165) is 0 Å². The van der Waals surface area contributed by atoms with Crippen LogP contribution in [0.5, 0.6) is 5.75 Å². The van der Waals surface area contributed by atoms with E-state index in [2.05, 4.69) is 15.2 Å². The van der Waals surface area contributed by atoms with Gasteiger partial charge < -0.3 is 15.9 Å². The first-order valence-corrected chi connectivity index (χ1v) is 6.01. The van der Waals surface area contributed by atoms with Crippen molar-refractivity contribution in [1.29, 1.82) is 0 Å². The maximum absolute atomic E-state index is 9.78. The Balaban J connectivity index is 3.08. The summed E-state index contributed by atoms with van der Waals surface area (Å²) >= 11 is 1.27. The summed E-state index contributed by atoms with van der Waals surface area (Å²) in [5.41, 5.74) is 6.80. The van der Waals surface area contributed by atoms with Crippen molar-refractivity contribution in [3.63, 3.8) is 0 Å². The Hall–Kier alpha value is -1.60. The molecule has 0 aromatic carbocycles. The highest BCUT2D eigenvalue weighted by Gasteiger charge is 2.08. The van der Waals surface area contributed by atoms with Gasteiger partial charge in [0.15, 0.2) is 5.17 Å². The van der Waals surface area contributed by atoms with Gasteiger partial charge in [-0.2, -0.15) is 5.10 Å². The van der Waals surface area contributed by atoms with Crippen LogP contribution in [0.15, 0.2) is 16.4 Å². The molecule has 17 heavy (non-hydrogen) atoms. The molecule has 92 valence electrons. The summed E-state index contributed by atoms with van der Waals surface area (Å²) in [5, 5.41) is 26.6. The molecule has 6 nitrogen and oxygen atoms in total. The topological polar surface area (TPSA) is 104 Å². The Labute approximate surface area is 103 Å². The predicted molar refractivity (Wildman–Crippen MR) is 69.3 cm³/mol. The smallest absolute Gasteiger partial charge is 0.180 e. The first-order chi connectivity index (χ1) is 8.10. The average molecular weight is 254 g/mol. The molecule has 0 saturated heterocycles. The largest absolute Gasteiger partial charge is 0.505 e. The van der Waals surface area contributed by atoms with E-state index in [4.69, 9.17) is 10.8 Å². The molecule has 0 bridgehead atoms. The SMILES string of the molecule is CS/C(N)=N/N=C/c1c(CO)cnc(C)c1O. The van der Waals surface area contributed by atoms with E-state index in [9.17, 15) is 5.11 Å². The molecule has 0 fully saturated rings. The lowest BCUT2D eigenvalue weighted by atomic mass is 10.1. The molecule has 0 amide bonds. The summed E-state index contributed by atoms with van der Waals surface area (Å²) in [6, 6.07) is 0. The van der Waals surface area contributed by atoms with Crippen molar-refractivity contribution in [2.75, 3.05) is 6.26 Å². The number of nitrogens with two attached hydrogens (primary N) is 1. The fourth-order valence-electron chi connectivity index (χ4n) is 1.11. The lowest BCUT2D eigenvalue weighted by molar-refractivity contribution is 0.280. The second-order valence-corrected chi connectivity index (χ2v) is 4.00. The molecule has 0 aliphatic rings. The van der Waals surface area contributed by atoms with Crippen molar-refractivity contribution in [3.8, 4) is 5.75 Å². The molecule has 0 saturated carbocycles. The molecule has 1 aromatic heterocycles. The van der Waals surface area contributed by atoms with Crippen molar-refractivity contribution in [3.05, 3.63) is 23.0 Å². The molecule has 0 radical (unpaired) electrons. The highest BCUT2D eigenvalue weighted by atomic mass is 32.2. The van der Waals surface area contributed by atoms with Gasteiger partial charge in [0.1, 0.15) is 5.75 Å². The molecule has 0 aliphatic carbocycles. The van der Waals surface area contributed by atoms with Gasteiger partial charge in [0.2, 0.25) is 0 Å². The second-order valence-electron chi connectivity index (χ2n) is 3.18. The molecule has 0 spiro atoms. The molecule has 1 heterocycles. The molecule has 1 aromatic rings. The van der Waals surface area contributed by atoms with Crippen LogP contribution in [0.2, 0.25) is 0 Å². The number of amidine groups is 1. The van der Waals surface area contributed by atoms with E-state index in [1.807, 2.05) is 0 Å². The van der Waals surface area contributed by atoms with Gasteiger partial charge >= 0.3 is 0 Å². The molecule has 0 unspecified atom stereocenters. The molecule has 7 heteroatoms. The number of pyridine rings is 1. The molecule has 0 atom stereocenters. The van der Waals surface area contributed by atoms with Crippen molar-refractivity contribution in [2.45, 2.75) is 13.5 Å². The van der Waals surface area contributed by atoms with Crippen LogP contribution in [0, 0.1) is 6.92 Å². The van der Waals surface area contributed by atoms with Gasteiger partial charge in [-0.15, -0.1) is 5.10 Å². The summed E-state index contributed by atoms with van der Waals surface area (Å²) in [5.74, 6) is -0.0155. The van der Waals surface area contributed by atoms with E-state index in [0.29, 0.717) is 22.0 Å². The number of hydrogen-bond acceptors (Lipinski definition) is 6. The van der Waals surface area contributed by atoms with Crippen molar-refractivity contribution >= 4 is 23.1 Å². The van der Waals surface area contributed by atoms with Crippen LogP contribution >= 0.6 is 11.8 Å². The number of nitrogens with zero attached hydrogens (tertiary/aromatic N) is 3. The number of aliphatic hydroxyl groups excluding tert-OH is 1. The lowest BCUT2D eigenvalue weighted by Crippen LogP contribution is -2.04. The third kappa shape index (κ3) is 3.43. The maximum atomic E-state index is 9.78. The van der Waals surface area contributed by atoms with Crippen molar-refractivity contribution in [1.82, 2.24) is 4.98 Å². The number of aryl methyl sites for hydroxylation is 1. The first-order valence-electron chi connectivity index (χ1n) is 4.79. The van der Waals surface area contributed by atoms with Gasteiger partial charge in [-0.25, -0.2) is 0 Å². The highest BCUT2D eigenvalue weighted by Crippen LogP contribution is 2.21. The van der Waals surface area contributed by atoms with E-state index in [1.54, 1.807) is 13.2 Å². The van der Waals surface area contributed by atoms with Gasteiger partial charge in [0.25, 0.3) is 0 Å². The third-order valence-electron chi connectivity index (χ3n) is 2.08. The summed E-state index contributed by atoms with van der Waals surface area (Å²) < 4.78 is 0. The van der Waals surface area contributed by atoms with Crippen LogP contribution in [-0.4, -0.2) is 32.8 Å². The summed E-state index contributed by atoms with van der Waals surface area (Å²) in [6.07, 6.45) is 4.61. The highest BCUT2D eigenvalue weighted by molar-refractivity contribution is 8.13. The molecule has 0 aliphatic heterocycles. The zero-order valence-corrected chi connectivity index (χ0v) is 10.4. The fraction of sp³-hybridized carbons (Fsp3) is 0.300. The minimum absolute atomic E-state index is 0.0155. The van der Waals surface area contributed by atoms with Gasteiger partial charge in [-0.3, -0.25) is 4.98 Å². The third-order valence-corrected chi connectivity index (χ3v) is 2.58. The maximum Gasteiger partial charge on any atom is 0.180 e. The van der Waals surface area contributed by atoms with Crippen molar-refractivity contribution in [2.24, 2.45) is 15.9 Å². The minimum atomic E-state index is -0.232. The number of aromatic nitrogens is 1. The Kier molecular flexibility index (Phi) is 4.92. The molecular formula is C10H14N4O2S. The van der Waals surface area contributed by atoms with Crippen LogP contribution < -0.4 is 5.73 Å². The van der Waals surface area contributed by atoms with E-state index in [-0.39, 0.29) is 12.4 Å². The van der Waals surface area contributed by atoms with Crippen LogP contribution in [0.25, 0.3) is 0 Å². The number of aliphatic hydroxyl groups is 1. The van der Waals surface area contributed by atoms with E-state index >= 15 is 0 Å². The Bertz CT molecular complexity index is 460. The Morgan fingerprint density at radius 3 is 2.94 bits per heavy atom. The summed E-state index contributed by atoms with van der Waals surface area (Å²) in [7, 11) is 0. The second kappa shape index (κ2) is 6.21. The molecule has 1 rings (SSSR count). The zero-order chi connectivity index (χ0) is 12.8. The quantitative estimate of drug-likeness (QED) is 0.416. The fourth-order valence-corrected chi connectivity index (χ4v) is 1.24. The van der Waals surface area contributed by atoms with Crippen molar-refractivity contribution < 1.29 is 10.2 Å². The average Bonchev–Trinajstić information content (AvgIpc) is 2.34. The van der Waals surface area contributed by atoms with Gasteiger partial charge in [0, 0.05) is 17.3 Å². The van der Waals surface area contributed by atoms with Gasteiger partial charge in [-0.05, 0) is 13.2 Å². The monoisotopic (exact) mass is 254 g/mol. The van der Waals surface area contributed by atoms with Gasteiger partial charge in [0.05, 0.1) is 18.5 Å². The number of hydrogen-bond donors (Lipinski definition) is 3.